The fraction of sp³-hybridized carbons (Fsp3) is 1.00. The molecule has 98 valence electrons. The predicted molar refractivity (Wildman–Crippen MR) is 61.9 cm³/mol. The summed E-state index contributed by atoms with van der Waals surface area (Å²) >= 11 is 0. The van der Waals surface area contributed by atoms with E-state index in [0.717, 1.165) is 0 Å². The maximum Gasteiger partial charge on any atom is 0.327 e. The first-order valence-corrected chi connectivity index (χ1v) is 8.78. The Morgan fingerprint density at radius 2 is 1.19 bits per heavy atom. The van der Waals surface area contributed by atoms with Crippen molar-refractivity contribution in [2.75, 3.05) is 25.5 Å². The van der Waals surface area contributed by atoms with Crippen LogP contribution in [0.25, 0.3) is 0 Å². The summed E-state index contributed by atoms with van der Waals surface area (Å²) in [5.74, 6) is 0. The van der Waals surface area contributed by atoms with E-state index in [0.29, 0.717) is 12.8 Å². The molecule has 0 aliphatic heterocycles. The summed E-state index contributed by atoms with van der Waals surface area (Å²) in [5.41, 5.74) is 0. The number of unbranched alkanes of at least 4 members (excludes halogenated alkanes) is 1. The molecule has 2 N–H and O–H groups in total. The van der Waals surface area contributed by atoms with E-state index in [1.807, 2.05) is 0 Å². The molecular weight excluding hydrogens is 254 g/mol. The van der Waals surface area contributed by atoms with Crippen LogP contribution in [-0.4, -0.2) is 35.3 Å². The van der Waals surface area contributed by atoms with Crippen molar-refractivity contribution >= 4 is 15.2 Å². The van der Waals surface area contributed by atoms with E-state index < -0.39 is 15.2 Å². The Morgan fingerprint density at radius 1 is 0.875 bits per heavy atom. The molecular formula is C8H20O6P2. The Balaban J connectivity index is 3.49. The Kier molecular flexibility index (Phi) is 7.73. The lowest BCUT2D eigenvalue weighted by molar-refractivity contribution is 0.225. The van der Waals surface area contributed by atoms with Crippen molar-refractivity contribution in [3.05, 3.63) is 0 Å². The Morgan fingerprint density at radius 3 is 1.44 bits per heavy atom. The van der Waals surface area contributed by atoms with Crippen LogP contribution in [0.2, 0.25) is 0 Å². The largest absolute Gasteiger partial charge is 0.327 e. The first kappa shape index (κ1) is 16.3. The summed E-state index contributed by atoms with van der Waals surface area (Å²) in [4.78, 5) is 18.1. The zero-order chi connectivity index (χ0) is 12.7. The van der Waals surface area contributed by atoms with Crippen LogP contribution in [-0.2, 0) is 18.2 Å². The molecule has 0 bridgehead atoms. The molecule has 0 radical (unpaired) electrons. The molecule has 16 heavy (non-hydrogen) atoms. The highest BCUT2D eigenvalue weighted by Gasteiger charge is 2.16. The molecule has 0 aromatic rings. The summed E-state index contributed by atoms with van der Waals surface area (Å²) in [6.45, 7) is 3.47. The van der Waals surface area contributed by atoms with Gasteiger partial charge in [-0.15, -0.1) is 0 Å². The van der Waals surface area contributed by atoms with Crippen molar-refractivity contribution in [3.8, 4) is 0 Å². The molecule has 0 aromatic carbocycles. The highest BCUT2D eigenvalue weighted by molar-refractivity contribution is 7.53. The van der Waals surface area contributed by atoms with Gasteiger partial charge in [-0.2, -0.15) is 0 Å². The van der Waals surface area contributed by atoms with Crippen LogP contribution < -0.4 is 0 Å². The minimum absolute atomic E-state index is 0.0885. The Bertz CT molecular complexity index is 252. The monoisotopic (exact) mass is 274 g/mol. The van der Waals surface area contributed by atoms with Gasteiger partial charge < -0.3 is 18.8 Å². The van der Waals surface area contributed by atoms with Gasteiger partial charge in [-0.3, -0.25) is 9.13 Å². The molecule has 0 aromatic heterocycles. The molecule has 0 amide bonds. The van der Waals surface area contributed by atoms with Crippen molar-refractivity contribution in [2.24, 2.45) is 0 Å². The van der Waals surface area contributed by atoms with E-state index in [-0.39, 0.29) is 25.5 Å². The van der Waals surface area contributed by atoms with Crippen LogP contribution in [0.3, 0.4) is 0 Å². The lowest BCUT2D eigenvalue weighted by Gasteiger charge is -2.11. The van der Waals surface area contributed by atoms with Gasteiger partial charge in [0.25, 0.3) is 0 Å². The third-order valence-corrected chi connectivity index (χ3v) is 4.69. The van der Waals surface area contributed by atoms with Crippen LogP contribution in [0, 0.1) is 0 Å². The average Bonchev–Trinajstić information content (AvgIpc) is 2.23. The topological polar surface area (TPSA) is 93.1 Å². The van der Waals surface area contributed by atoms with Crippen LogP contribution in [0.5, 0.6) is 0 Å². The summed E-state index contributed by atoms with van der Waals surface area (Å²) < 4.78 is 31.6. The third-order valence-electron chi connectivity index (χ3n) is 1.92. The Hall–Kier alpha value is 0.300. The standard InChI is InChI=1S/C8H20O6P2/c1-3-15(9,10)13-7-5-6-8-14-16(11,12)4-2/h3-8H2,1-2H3,(H,9,10)(H,11,12). The summed E-state index contributed by atoms with van der Waals surface area (Å²) in [5, 5.41) is 0. The highest BCUT2D eigenvalue weighted by Crippen LogP contribution is 2.42. The average molecular weight is 274 g/mol. The second-order valence-corrected chi connectivity index (χ2v) is 7.61. The van der Waals surface area contributed by atoms with Crippen molar-refractivity contribution in [2.45, 2.75) is 26.7 Å². The van der Waals surface area contributed by atoms with Crippen molar-refractivity contribution in [1.82, 2.24) is 0 Å². The summed E-state index contributed by atoms with van der Waals surface area (Å²) in [6, 6.07) is 0. The van der Waals surface area contributed by atoms with E-state index in [9.17, 15) is 9.13 Å². The van der Waals surface area contributed by atoms with Gasteiger partial charge in [-0.05, 0) is 12.8 Å². The normalized spacial score (nSPS) is 19.0. The number of hydrogen-bond donors (Lipinski definition) is 2. The van der Waals surface area contributed by atoms with Crippen molar-refractivity contribution in [1.29, 1.82) is 0 Å². The van der Waals surface area contributed by atoms with Crippen LogP contribution in [0.1, 0.15) is 26.7 Å². The van der Waals surface area contributed by atoms with Crippen molar-refractivity contribution < 1.29 is 28.0 Å². The van der Waals surface area contributed by atoms with Gasteiger partial charge in [0.05, 0.1) is 13.2 Å². The SMILES string of the molecule is CCP(=O)(O)OCCCCOP(=O)(O)CC. The molecule has 0 rings (SSSR count). The minimum atomic E-state index is -3.41. The zero-order valence-electron chi connectivity index (χ0n) is 9.66. The third kappa shape index (κ3) is 8.45. The van der Waals surface area contributed by atoms with Gasteiger partial charge in [0, 0.05) is 12.3 Å². The molecule has 0 aliphatic rings. The molecule has 0 saturated carbocycles. The fourth-order valence-corrected chi connectivity index (χ4v) is 1.99. The van der Waals surface area contributed by atoms with E-state index >= 15 is 0 Å². The molecule has 2 unspecified atom stereocenters. The zero-order valence-corrected chi connectivity index (χ0v) is 11.5. The molecule has 0 saturated heterocycles. The molecule has 0 heterocycles. The van der Waals surface area contributed by atoms with E-state index in [4.69, 9.17) is 18.8 Å². The first-order chi connectivity index (χ1) is 7.33. The van der Waals surface area contributed by atoms with Crippen LogP contribution in [0.4, 0.5) is 0 Å². The van der Waals surface area contributed by atoms with Gasteiger partial charge in [0.2, 0.25) is 0 Å². The van der Waals surface area contributed by atoms with Gasteiger partial charge >= 0.3 is 15.2 Å². The molecule has 0 fully saturated rings. The second kappa shape index (κ2) is 7.59. The molecule has 0 aliphatic carbocycles. The quantitative estimate of drug-likeness (QED) is 0.494. The van der Waals surface area contributed by atoms with Gasteiger partial charge in [-0.1, -0.05) is 13.8 Å². The number of rotatable bonds is 9. The molecule has 2 atom stereocenters. The number of hydrogen-bond acceptors (Lipinski definition) is 4. The van der Waals surface area contributed by atoms with E-state index in [2.05, 4.69) is 0 Å². The summed E-state index contributed by atoms with van der Waals surface area (Å²) in [6.07, 6.45) is 1.22. The minimum Gasteiger partial charge on any atom is -0.324 e. The van der Waals surface area contributed by atoms with E-state index in [1.54, 1.807) is 13.8 Å². The maximum absolute atomic E-state index is 11.0. The van der Waals surface area contributed by atoms with Crippen LogP contribution in [0.15, 0.2) is 0 Å². The van der Waals surface area contributed by atoms with Gasteiger partial charge in [-0.25, -0.2) is 0 Å². The van der Waals surface area contributed by atoms with Gasteiger partial charge in [0.15, 0.2) is 0 Å². The fourth-order valence-electron chi connectivity index (χ4n) is 0.801. The molecule has 0 spiro atoms. The first-order valence-electron chi connectivity index (χ1n) is 5.25. The smallest absolute Gasteiger partial charge is 0.324 e. The molecule has 8 heteroatoms. The molecule has 6 nitrogen and oxygen atoms in total. The summed E-state index contributed by atoms with van der Waals surface area (Å²) in [7, 11) is -6.81. The maximum atomic E-state index is 11.0. The van der Waals surface area contributed by atoms with E-state index in [1.165, 1.54) is 0 Å². The van der Waals surface area contributed by atoms with Gasteiger partial charge in [0.1, 0.15) is 0 Å². The second-order valence-electron chi connectivity index (χ2n) is 3.28. The lowest BCUT2D eigenvalue weighted by Crippen LogP contribution is -1.99. The van der Waals surface area contributed by atoms with Crippen LogP contribution >= 0.6 is 15.2 Å². The predicted octanol–water partition coefficient (Wildman–Crippen LogP) is 2.21. The van der Waals surface area contributed by atoms with Crippen molar-refractivity contribution in [3.63, 3.8) is 0 Å². The lowest BCUT2D eigenvalue weighted by atomic mass is 10.3. The highest BCUT2D eigenvalue weighted by atomic mass is 31.2. The Labute approximate surface area is 96.0 Å².